The highest BCUT2D eigenvalue weighted by Gasteiger charge is 2.12. The van der Waals surface area contributed by atoms with Crippen molar-refractivity contribution in [3.63, 3.8) is 0 Å². The van der Waals surface area contributed by atoms with Crippen molar-refractivity contribution in [3.05, 3.63) is 51.6 Å². The zero-order chi connectivity index (χ0) is 17.1. The minimum absolute atomic E-state index is 0.135. The van der Waals surface area contributed by atoms with Gasteiger partial charge in [0.1, 0.15) is 5.75 Å². The van der Waals surface area contributed by atoms with Gasteiger partial charge in [0.2, 0.25) is 0 Å². The number of fused-ring (bicyclic) bond motifs is 1. The number of hydrogen-bond donors (Lipinski definition) is 1. The van der Waals surface area contributed by atoms with Gasteiger partial charge < -0.3 is 10.1 Å². The van der Waals surface area contributed by atoms with E-state index in [2.05, 4.69) is 22.2 Å². The molecule has 2 heterocycles. The smallest absolute Gasteiger partial charge is 0.253 e. The van der Waals surface area contributed by atoms with Crippen LogP contribution >= 0.6 is 11.3 Å². The SMILES string of the molecule is CCc1nc(CNC(=O)c2cc3ccc(OC)cc3nc2C)cs1. The van der Waals surface area contributed by atoms with Crippen LogP contribution in [0.3, 0.4) is 0 Å². The first kappa shape index (κ1) is 16.4. The summed E-state index contributed by atoms with van der Waals surface area (Å²) in [5.41, 5.74) is 2.98. The molecule has 6 heteroatoms. The van der Waals surface area contributed by atoms with Crippen molar-refractivity contribution in [2.45, 2.75) is 26.8 Å². The number of rotatable bonds is 5. The summed E-state index contributed by atoms with van der Waals surface area (Å²) in [6.45, 7) is 4.33. The van der Waals surface area contributed by atoms with Crippen molar-refractivity contribution in [2.24, 2.45) is 0 Å². The zero-order valence-corrected chi connectivity index (χ0v) is 14.7. The number of carbonyl (C=O) groups is 1. The molecule has 0 fully saturated rings. The Labute approximate surface area is 144 Å². The second-order valence-corrected chi connectivity index (χ2v) is 6.39. The number of ether oxygens (including phenoxy) is 1. The molecule has 2 aromatic heterocycles. The van der Waals surface area contributed by atoms with Gasteiger partial charge in [-0.2, -0.15) is 0 Å². The van der Waals surface area contributed by atoms with Crippen LogP contribution < -0.4 is 10.1 Å². The largest absolute Gasteiger partial charge is 0.497 e. The van der Waals surface area contributed by atoms with Gasteiger partial charge in [-0.3, -0.25) is 9.78 Å². The molecule has 124 valence electrons. The molecule has 0 aliphatic carbocycles. The van der Waals surface area contributed by atoms with E-state index in [9.17, 15) is 4.79 Å². The molecule has 1 aromatic carbocycles. The minimum Gasteiger partial charge on any atom is -0.497 e. The molecule has 3 aromatic rings. The molecular weight excluding hydrogens is 322 g/mol. The predicted molar refractivity (Wildman–Crippen MR) is 95.7 cm³/mol. The number of hydrogen-bond acceptors (Lipinski definition) is 5. The van der Waals surface area contributed by atoms with Crippen molar-refractivity contribution in [2.75, 3.05) is 7.11 Å². The predicted octanol–water partition coefficient (Wildman–Crippen LogP) is 3.50. The van der Waals surface area contributed by atoms with E-state index in [1.165, 1.54) is 0 Å². The van der Waals surface area contributed by atoms with Crippen LogP contribution in [0.1, 0.15) is 33.7 Å². The van der Waals surface area contributed by atoms with Gasteiger partial charge in [-0.25, -0.2) is 4.98 Å². The molecule has 1 amide bonds. The summed E-state index contributed by atoms with van der Waals surface area (Å²) < 4.78 is 5.21. The van der Waals surface area contributed by atoms with Gasteiger partial charge in [-0.05, 0) is 31.5 Å². The Morgan fingerprint density at radius 1 is 1.29 bits per heavy atom. The summed E-state index contributed by atoms with van der Waals surface area (Å²) in [6.07, 6.45) is 0.912. The molecule has 24 heavy (non-hydrogen) atoms. The average Bonchev–Trinajstić information content (AvgIpc) is 3.06. The number of aryl methyl sites for hydroxylation is 2. The zero-order valence-electron chi connectivity index (χ0n) is 13.9. The number of thiazole rings is 1. The van der Waals surface area contributed by atoms with E-state index in [-0.39, 0.29) is 5.91 Å². The Hall–Kier alpha value is -2.47. The summed E-state index contributed by atoms with van der Waals surface area (Å²) in [5.74, 6) is 0.616. The molecule has 0 saturated heterocycles. The molecule has 0 radical (unpaired) electrons. The number of benzene rings is 1. The van der Waals surface area contributed by atoms with Gasteiger partial charge in [0.15, 0.2) is 0 Å². The summed E-state index contributed by atoms with van der Waals surface area (Å²) in [4.78, 5) is 21.5. The van der Waals surface area contributed by atoms with Crippen molar-refractivity contribution in [1.29, 1.82) is 0 Å². The van der Waals surface area contributed by atoms with E-state index in [0.29, 0.717) is 17.8 Å². The van der Waals surface area contributed by atoms with E-state index in [0.717, 1.165) is 33.8 Å². The second-order valence-electron chi connectivity index (χ2n) is 5.45. The van der Waals surface area contributed by atoms with E-state index in [1.54, 1.807) is 18.4 Å². The Morgan fingerprint density at radius 2 is 2.12 bits per heavy atom. The summed E-state index contributed by atoms with van der Waals surface area (Å²) in [5, 5.41) is 6.90. The van der Waals surface area contributed by atoms with Crippen LogP contribution in [-0.4, -0.2) is 23.0 Å². The third-order valence-electron chi connectivity index (χ3n) is 3.79. The van der Waals surface area contributed by atoms with Gasteiger partial charge in [0.05, 0.1) is 41.1 Å². The van der Waals surface area contributed by atoms with Crippen LogP contribution in [0.4, 0.5) is 0 Å². The molecule has 3 rings (SSSR count). The Morgan fingerprint density at radius 3 is 2.83 bits per heavy atom. The number of amides is 1. The summed E-state index contributed by atoms with van der Waals surface area (Å²) in [7, 11) is 1.62. The number of pyridine rings is 1. The van der Waals surface area contributed by atoms with E-state index >= 15 is 0 Å². The number of carbonyl (C=O) groups excluding carboxylic acids is 1. The lowest BCUT2D eigenvalue weighted by atomic mass is 10.1. The standard InChI is InChI=1S/C18H19N3O2S/c1-4-17-21-13(10-24-17)9-19-18(22)15-7-12-5-6-14(23-3)8-16(12)20-11(15)2/h5-8,10H,4,9H2,1-3H3,(H,19,22). The molecule has 0 atom stereocenters. The third kappa shape index (κ3) is 3.38. The first-order chi connectivity index (χ1) is 11.6. The van der Waals surface area contributed by atoms with Crippen LogP contribution in [0.25, 0.3) is 10.9 Å². The third-order valence-corrected chi connectivity index (χ3v) is 4.83. The summed E-state index contributed by atoms with van der Waals surface area (Å²) >= 11 is 1.62. The summed E-state index contributed by atoms with van der Waals surface area (Å²) in [6, 6.07) is 7.50. The van der Waals surface area contributed by atoms with Crippen LogP contribution in [0.2, 0.25) is 0 Å². The topological polar surface area (TPSA) is 64.1 Å². The molecule has 0 spiro atoms. The van der Waals surface area contributed by atoms with E-state index in [1.807, 2.05) is 36.6 Å². The molecule has 0 unspecified atom stereocenters. The van der Waals surface area contributed by atoms with Crippen LogP contribution in [-0.2, 0) is 13.0 Å². The van der Waals surface area contributed by atoms with E-state index in [4.69, 9.17) is 4.74 Å². The minimum atomic E-state index is -0.135. The highest BCUT2D eigenvalue weighted by Crippen LogP contribution is 2.21. The van der Waals surface area contributed by atoms with Crippen molar-refractivity contribution < 1.29 is 9.53 Å². The van der Waals surface area contributed by atoms with Gasteiger partial charge in [-0.15, -0.1) is 11.3 Å². The number of nitrogens with one attached hydrogen (secondary N) is 1. The fourth-order valence-electron chi connectivity index (χ4n) is 2.46. The lowest BCUT2D eigenvalue weighted by Gasteiger charge is -2.09. The first-order valence-corrected chi connectivity index (χ1v) is 8.65. The van der Waals surface area contributed by atoms with Crippen molar-refractivity contribution >= 4 is 28.1 Å². The van der Waals surface area contributed by atoms with Gasteiger partial charge in [-0.1, -0.05) is 6.92 Å². The Balaban J connectivity index is 1.79. The maximum atomic E-state index is 12.5. The van der Waals surface area contributed by atoms with Gasteiger partial charge in [0, 0.05) is 16.8 Å². The highest BCUT2D eigenvalue weighted by molar-refractivity contribution is 7.09. The van der Waals surface area contributed by atoms with Crippen LogP contribution in [0.5, 0.6) is 5.75 Å². The normalized spacial score (nSPS) is 10.8. The highest BCUT2D eigenvalue weighted by atomic mass is 32.1. The van der Waals surface area contributed by atoms with Crippen molar-refractivity contribution in [1.82, 2.24) is 15.3 Å². The van der Waals surface area contributed by atoms with Crippen LogP contribution in [0, 0.1) is 6.92 Å². The quantitative estimate of drug-likeness (QED) is 0.771. The number of nitrogens with zero attached hydrogens (tertiary/aromatic N) is 2. The van der Waals surface area contributed by atoms with Gasteiger partial charge >= 0.3 is 0 Å². The monoisotopic (exact) mass is 341 g/mol. The van der Waals surface area contributed by atoms with E-state index < -0.39 is 0 Å². The molecule has 0 aliphatic heterocycles. The Bertz CT molecular complexity index is 889. The second kappa shape index (κ2) is 6.97. The fraction of sp³-hybridized carbons (Fsp3) is 0.278. The molecule has 1 N–H and O–H groups in total. The first-order valence-electron chi connectivity index (χ1n) is 7.77. The average molecular weight is 341 g/mol. The molecule has 0 bridgehead atoms. The lowest BCUT2D eigenvalue weighted by molar-refractivity contribution is 0.0949. The lowest BCUT2D eigenvalue weighted by Crippen LogP contribution is -2.24. The molecular formula is C18H19N3O2S. The number of methoxy groups -OCH3 is 1. The maximum absolute atomic E-state index is 12.5. The van der Waals surface area contributed by atoms with Crippen LogP contribution in [0.15, 0.2) is 29.6 Å². The molecule has 0 aliphatic rings. The van der Waals surface area contributed by atoms with Crippen molar-refractivity contribution in [3.8, 4) is 5.75 Å². The van der Waals surface area contributed by atoms with Gasteiger partial charge in [0.25, 0.3) is 5.91 Å². The molecule has 0 saturated carbocycles. The number of aromatic nitrogens is 2. The maximum Gasteiger partial charge on any atom is 0.253 e. The molecule has 5 nitrogen and oxygen atoms in total. The fourth-order valence-corrected chi connectivity index (χ4v) is 3.20. The Kier molecular flexibility index (Phi) is 4.76.